The van der Waals surface area contributed by atoms with Crippen molar-refractivity contribution in [1.29, 1.82) is 0 Å². The molecule has 0 unspecified atom stereocenters. The molecule has 7 heteroatoms. The van der Waals surface area contributed by atoms with Crippen molar-refractivity contribution in [1.82, 2.24) is 14.7 Å². The van der Waals surface area contributed by atoms with Crippen LogP contribution < -0.4 is 0 Å². The molecule has 1 aliphatic heterocycles. The summed E-state index contributed by atoms with van der Waals surface area (Å²) in [5.74, 6) is 0. The number of benzene rings is 4. The fourth-order valence-corrected chi connectivity index (χ4v) is 27.8. The number of nitrogens with zero attached hydrogens (tertiary/aromatic N) is 3. The van der Waals surface area contributed by atoms with Crippen molar-refractivity contribution < 1.29 is 14.3 Å². The molecule has 5 rings (SSSR count). The molecule has 60 heavy (non-hydrogen) atoms. The molecule has 1 aliphatic rings. The van der Waals surface area contributed by atoms with Gasteiger partial charge >= 0.3 is 371 Å². The van der Waals surface area contributed by atoms with Crippen LogP contribution in [0, 0.1) is 0 Å². The summed E-state index contributed by atoms with van der Waals surface area (Å²) in [5.41, 5.74) is 4.03. The summed E-state index contributed by atoms with van der Waals surface area (Å²) in [6, 6.07) is 43.9. The summed E-state index contributed by atoms with van der Waals surface area (Å²) in [6.07, 6.45) is 8.84. The Labute approximate surface area is 368 Å². The second kappa shape index (κ2) is 23.9. The number of unbranched alkanes of at least 4 members (excludes halogenated alkanes) is 3. The van der Waals surface area contributed by atoms with Crippen molar-refractivity contribution in [2.75, 3.05) is 13.2 Å². The molecule has 0 aromatic heterocycles. The van der Waals surface area contributed by atoms with Gasteiger partial charge in [-0.1, -0.05) is 0 Å². The van der Waals surface area contributed by atoms with Gasteiger partial charge in [0.1, 0.15) is 0 Å². The zero-order valence-electron chi connectivity index (χ0n) is 38.3. The molecular weight excluding hydrogens is 845 g/mol. The summed E-state index contributed by atoms with van der Waals surface area (Å²) < 4.78 is 17.4. The van der Waals surface area contributed by atoms with Gasteiger partial charge in [0.2, 0.25) is 0 Å². The Morgan fingerprint density at radius 3 is 1.40 bits per heavy atom. The van der Waals surface area contributed by atoms with Crippen LogP contribution in [0.4, 0.5) is 4.79 Å². The van der Waals surface area contributed by atoms with Crippen LogP contribution in [0.1, 0.15) is 122 Å². The number of amides is 1. The quantitative estimate of drug-likeness (QED) is 0.0620. The fourth-order valence-electron chi connectivity index (χ4n) is 9.71. The van der Waals surface area contributed by atoms with Crippen molar-refractivity contribution in [3.8, 4) is 0 Å². The van der Waals surface area contributed by atoms with Crippen LogP contribution in [-0.4, -0.2) is 73.7 Å². The standard InChI is InChI=1S/C41H50N3O3.3C4H9.Sn/c1-40(2)33-47-41(3,4)44(40)39(45)46-32-38(43(30-36-22-13-7-14-23-36)31-37-24-15-8-16-25-37)26-17-27-42(28-34-18-9-5-10-19-34)29-35-20-11-6-12-21-35;3*1-3-4-2;/h5-16,18-25,32,38H,17,26-31,33H2,1-4H3;3*1,3-4H2,2H3;/t38-;;;;/m0..../s1. The molecule has 4 aromatic carbocycles. The van der Waals surface area contributed by atoms with Crippen LogP contribution in [0.15, 0.2) is 121 Å². The van der Waals surface area contributed by atoms with Crippen molar-refractivity contribution in [3.63, 3.8) is 0 Å². The van der Waals surface area contributed by atoms with Crippen LogP contribution in [0.25, 0.3) is 0 Å². The average molecular weight is 923 g/mol. The molecule has 6 nitrogen and oxygen atoms in total. The van der Waals surface area contributed by atoms with Crippen LogP contribution in [0.3, 0.4) is 0 Å². The van der Waals surface area contributed by atoms with Gasteiger partial charge in [-0.25, -0.2) is 0 Å². The number of rotatable bonds is 25. The second-order valence-corrected chi connectivity index (χ2v) is 32.3. The Bertz CT molecular complexity index is 1670. The first-order chi connectivity index (χ1) is 29.0. The maximum absolute atomic E-state index is 15.2. The second-order valence-electron chi connectivity index (χ2n) is 18.6. The Morgan fingerprint density at radius 2 is 1.03 bits per heavy atom. The molecule has 0 bridgehead atoms. The van der Waals surface area contributed by atoms with Crippen LogP contribution in [-0.2, 0) is 35.7 Å². The van der Waals surface area contributed by atoms with Crippen molar-refractivity contribution in [3.05, 3.63) is 144 Å². The minimum absolute atomic E-state index is 0.0563. The minimum atomic E-state index is -3.41. The molecule has 4 aromatic rings. The first kappa shape index (κ1) is 47.9. The van der Waals surface area contributed by atoms with Crippen molar-refractivity contribution >= 4 is 24.5 Å². The molecule has 1 amide bonds. The molecule has 1 heterocycles. The van der Waals surface area contributed by atoms with E-state index in [4.69, 9.17) is 9.47 Å². The molecule has 1 saturated heterocycles. The zero-order valence-corrected chi connectivity index (χ0v) is 41.1. The van der Waals surface area contributed by atoms with Gasteiger partial charge in [-0.05, 0) is 0 Å². The number of hydrogen-bond donors (Lipinski definition) is 0. The van der Waals surface area contributed by atoms with E-state index in [2.05, 4.69) is 166 Å². The SMILES string of the molecule is CCC[CH2][Sn]([CH2]CCC)([CH2]CCC)[C@@H](OC(=O)N1C(C)(C)COC1(C)C)[C@H](CCCN(Cc1ccccc1)Cc1ccccc1)N(Cc1ccccc1)Cc1ccccc1. The third-order valence-electron chi connectivity index (χ3n) is 12.8. The Morgan fingerprint density at radius 1 is 0.633 bits per heavy atom. The summed E-state index contributed by atoms with van der Waals surface area (Å²) in [6.45, 7) is 20.2. The van der Waals surface area contributed by atoms with E-state index in [1.165, 1.54) is 54.8 Å². The van der Waals surface area contributed by atoms with Gasteiger partial charge in [-0.3, -0.25) is 0 Å². The molecule has 326 valence electrons. The molecular formula is C53H77N3O3Sn. The van der Waals surface area contributed by atoms with E-state index in [-0.39, 0.29) is 16.3 Å². The van der Waals surface area contributed by atoms with Gasteiger partial charge in [0, 0.05) is 0 Å². The summed E-state index contributed by atoms with van der Waals surface area (Å²) in [5, 5.41) is 0. The summed E-state index contributed by atoms with van der Waals surface area (Å²) in [7, 11) is 0. The zero-order chi connectivity index (χ0) is 42.9. The Kier molecular flexibility index (Phi) is 19.1. The third-order valence-corrected chi connectivity index (χ3v) is 29.2. The van der Waals surface area contributed by atoms with E-state index < -0.39 is 29.6 Å². The molecule has 0 spiro atoms. The number of hydrogen-bond acceptors (Lipinski definition) is 5. The van der Waals surface area contributed by atoms with E-state index in [0.29, 0.717) is 6.61 Å². The van der Waals surface area contributed by atoms with Gasteiger partial charge in [0.25, 0.3) is 0 Å². The number of carbonyl (C=O) groups excluding carboxylic acids is 1. The van der Waals surface area contributed by atoms with Gasteiger partial charge in [-0.15, -0.1) is 0 Å². The van der Waals surface area contributed by atoms with Crippen LogP contribution in [0.2, 0.25) is 13.3 Å². The van der Waals surface area contributed by atoms with E-state index in [1.54, 1.807) is 0 Å². The fraction of sp³-hybridized carbons (Fsp3) is 0.528. The van der Waals surface area contributed by atoms with E-state index in [9.17, 15) is 0 Å². The average Bonchev–Trinajstić information content (AvgIpc) is 3.48. The first-order valence-corrected chi connectivity index (χ1v) is 31.0. The Hall–Kier alpha value is -3.17. The van der Waals surface area contributed by atoms with Gasteiger partial charge < -0.3 is 0 Å². The predicted octanol–water partition coefficient (Wildman–Crippen LogP) is 13.3. The van der Waals surface area contributed by atoms with Crippen molar-refractivity contribution in [2.24, 2.45) is 0 Å². The number of carbonyl (C=O) groups is 1. The van der Waals surface area contributed by atoms with Gasteiger partial charge in [-0.2, -0.15) is 0 Å². The monoisotopic (exact) mass is 923 g/mol. The van der Waals surface area contributed by atoms with Gasteiger partial charge in [0.05, 0.1) is 0 Å². The first-order valence-electron chi connectivity index (χ1n) is 23.3. The molecule has 0 saturated carbocycles. The third kappa shape index (κ3) is 13.9. The van der Waals surface area contributed by atoms with E-state index in [0.717, 1.165) is 64.8 Å². The predicted molar refractivity (Wildman–Crippen MR) is 253 cm³/mol. The molecule has 0 radical (unpaired) electrons. The number of ether oxygens (including phenoxy) is 2. The summed E-state index contributed by atoms with van der Waals surface area (Å²) in [4.78, 5) is 22.5. The van der Waals surface area contributed by atoms with Gasteiger partial charge in [0.15, 0.2) is 0 Å². The Balaban J connectivity index is 1.64. The molecule has 1 fully saturated rings. The van der Waals surface area contributed by atoms with E-state index in [1.807, 2.05) is 18.7 Å². The normalized spacial score (nSPS) is 16.0. The maximum atomic E-state index is 15.2. The van der Waals surface area contributed by atoms with Crippen molar-refractivity contribution in [2.45, 2.75) is 161 Å². The summed E-state index contributed by atoms with van der Waals surface area (Å²) >= 11 is -3.41. The molecule has 0 aliphatic carbocycles. The topological polar surface area (TPSA) is 45.2 Å². The van der Waals surface area contributed by atoms with Crippen LogP contribution >= 0.6 is 0 Å². The molecule has 0 N–H and O–H groups in total. The molecule has 2 atom stereocenters. The van der Waals surface area contributed by atoms with E-state index >= 15 is 4.79 Å². The van der Waals surface area contributed by atoms with Crippen LogP contribution in [0.5, 0.6) is 0 Å².